The zero-order chi connectivity index (χ0) is 24.1. The Morgan fingerprint density at radius 3 is 2.62 bits per heavy atom. The van der Waals surface area contributed by atoms with Crippen LogP contribution in [0.1, 0.15) is 18.7 Å². The lowest BCUT2D eigenvalue weighted by molar-refractivity contribution is -0.825. The van der Waals surface area contributed by atoms with Gasteiger partial charge in [0.25, 0.3) is 0 Å². The van der Waals surface area contributed by atoms with Gasteiger partial charge >= 0.3 is 0 Å². The number of pyridine rings is 1. The lowest BCUT2D eigenvalue weighted by atomic mass is 10.2. The Balaban J connectivity index is 1.49. The summed E-state index contributed by atoms with van der Waals surface area (Å²) in [6.45, 7) is 1.49. The molecule has 0 radical (unpaired) electrons. The van der Waals surface area contributed by atoms with Crippen LogP contribution in [-0.2, 0) is 27.7 Å². The number of unbranched alkanes of at least 4 members (excludes halogenated alkanes) is 1. The summed E-state index contributed by atoms with van der Waals surface area (Å²) in [5.41, 5.74) is 10.1. The highest BCUT2D eigenvalue weighted by molar-refractivity contribution is 7.89. The Morgan fingerprint density at radius 2 is 1.88 bits per heavy atom. The first-order valence-electron chi connectivity index (χ1n) is 11.0. The van der Waals surface area contributed by atoms with Gasteiger partial charge < -0.3 is 15.0 Å². The SMILES string of the molecule is COCCc1nc2c(N)nc3ccccc3c2n1CCCCNS(=O)(=O)c1ccc([NH2+]O)cc1. The second-order valence-corrected chi connectivity index (χ2v) is 9.70. The first-order valence-corrected chi connectivity index (χ1v) is 12.5. The number of quaternary nitrogens is 1. The molecule has 4 rings (SSSR count). The van der Waals surface area contributed by atoms with Crippen LogP contribution in [0.15, 0.2) is 53.4 Å². The van der Waals surface area contributed by atoms with E-state index in [1.165, 1.54) is 12.1 Å². The van der Waals surface area contributed by atoms with E-state index in [4.69, 9.17) is 20.7 Å². The summed E-state index contributed by atoms with van der Waals surface area (Å²) in [7, 11) is -1.96. The monoisotopic (exact) mass is 485 g/mol. The number of benzene rings is 2. The molecule has 0 atom stereocenters. The van der Waals surface area contributed by atoms with Crippen molar-refractivity contribution in [3.05, 3.63) is 54.4 Å². The average Bonchev–Trinajstić information content (AvgIpc) is 3.22. The molecule has 0 amide bonds. The highest BCUT2D eigenvalue weighted by Crippen LogP contribution is 2.29. The van der Waals surface area contributed by atoms with Gasteiger partial charge in [-0.15, -0.1) is 0 Å². The van der Waals surface area contributed by atoms with Crippen LogP contribution in [0.4, 0.5) is 11.5 Å². The van der Waals surface area contributed by atoms with Gasteiger partial charge in [-0.2, -0.15) is 5.48 Å². The molecule has 0 bridgehead atoms. The number of methoxy groups -OCH3 is 1. The first-order chi connectivity index (χ1) is 16.4. The number of sulfonamides is 1. The minimum absolute atomic E-state index is 0.162. The third-order valence-electron chi connectivity index (χ3n) is 5.66. The number of nitrogens with one attached hydrogen (secondary N) is 1. The molecule has 2 aromatic carbocycles. The molecule has 2 heterocycles. The van der Waals surface area contributed by atoms with Gasteiger partial charge in [-0.25, -0.2) is 28.3 Å². The number of nitrogen functional groups attached to an aromatic ring is 1. The van der Waals surface area contributed by atoms with Gasteiger partial charge in [0, 0.05) is 44.1 Å². The van der Waals surface area contributed by atoms with Crippen LogP contribution in [0.25, 0.3) is 21.9 Å². The minimum Gasteiger partial charge on any atom is -0.384 e. The normalized spacial score (nSPS) is 12.1. The van der Waals surface area contributed by atoms with Crippen molar-refractivity contribution in [3.63, 3.8) is 0 Å². The molecule has 0 aliphatic carbocycles. The third-order valence-corrected chi connectivity index (χ3v) is 7.14. The van der Waals surface area contributed by atoms with Gasteiger partial charge in [0.15, 0.2) is 11.5 Å². The van der Waals surface area contributed by atoms with Gasteiger partial charge in [0.1, 0.15) is 11.3 Å². The number of nitrogens with zero attached hydrogens (tertiary/aromatic N) is 3. The molecule has 0 aliphatic heterocycles. The van der Waals surface area contributed by atoms with Crippen LogP contribution in [0.2, 0.25) is 0 Å². The number of para-hydroxylation sites is 1. The molecule has 0 fully saturated rings. The molecular weight excluding hydrogens is 456 g/mol. The number of imidazole rings is 1. The molecule has 0 spiro atoms. The zero-order valence-electron chi connectivity index (χ0n) is 18.9. The molecule has 2 aromatic heterocycles. The van der Waals surface area contributed by atoms with Crippen molar-refractivity contribution in [2.75, 3.05) is 26.0 Å². The molecule has 0 saturated carbocycles. The van der Waals surface area contributed by atoms with Gasteiger partial charge in [0.2, 0.25) is 10.0 Å². The average molecular weight is 486 g/mol. The van der Waals surface area contributed by atoms with Crippen LogP contribution in [0.5, 0.6) is 0 Å². The second-order valence-electron chi connectivity index (χ2n) is 7.94. The van der Waals surface area contributed by atoms with Gasteiger partial charge in [-0.05, 0) is 31.0 Å². The summed E-state index contributed by atoms with van der Waals surface area (Å²) in [5.74, 6) is 1.26. The number of aromatic nitrogens is 3. The van der Waals surface area contributed by atoms with E-state index in [1.807, 2.05) is 24.3 Å². The quantitative estimate of drug-likeness (QED) is 0.143. The summed E-state index contributed by atoms with van der Waals surface area (Å²) in [4.78, 5) is 9.41. The van der Waals surface area contributed by atoms with Crippen LogP contribution in [0.3, 0.4) is 0 Å². The molecule has 10 nitrogen and oxygen atoms in total. The van der Waals surface area contributed by atoms with E-state index in [2.05, 4.69) is 14.3 Å². The standard InChI is InChI=1S/C23H28N6O4S/c1-33-15-12-20-27-21-22(18-6-2-3-7-19(18)26-23(21)24)29(20)14-5-4-13-25-34(31,32)17-10-8-16(28-30)9-11-17/h2-3,6-11,25,28,30H,4-5,12-15H2,1H3,(H2,24,26)/p+1. The second kappa shape index (κ2) is 10.5. The van der Waals surface area contributed by atoms with E-state index >= 15 is 0 Å². The van der Waals surface area contributed by atoms with Crippen molar-refractivity contribution in [2.45, 2.75) is 30.7 Å². The van der Waals surface area contributed by atoms with E-state index in [1.54, 1.807) is 19.2 Å². The smallest absolute Gasteiger partial charge is 0.240 e. The highest BCUT2D eigenvalue weighted by Gasteiger charge is 2.17. The number of nitrogens with two attached hydrogens (primary N) is 2. The Kier molecular flexibility index (Phi) is 7.39. The molecule has 0 saturated heterocycles. The fourth-order valence-electron chi connectivity index (χ4n) is 3.95. The third kappa shape index (κ3) is 5.03. The van der Waals surface area contributed by atoms with Gasteiger partial charge in [-0.1, -0.05) is 18.2 Å². The number of rotatable bonds is 11. The largest absolute Gasteiger partial charge is 0.384 e. The van der Waals surface area contributed by atoms with Crippen molar-refractivity contribution in [1.29, 1.82) is 0 Å². The topological polar surface area (TPSA) is 149 Å². The van der Waals surface area contributed by atoms with E-state index in [9.17, 15) is 8.42 Å². The number of aryl methyl sites for hydroxylation is 1. The van der Waals surface area contributed by atoms with Crippen molar-refractivity contribution in [3.8, 4) is 0 Å². The van der Waals surface area contributed by atoms with Crippen molar-refractivity contribution >= 4 is 43.5 Å². The molecule has 6 N–H and O–H groups in total. The van der Waals surface area contributed by atoms with E-state index in [0.717, 1.165) is 34.1 Å². The van der Waals surface area contributed by atoms with E-state index in [0.29, 0.717) is 49.6 Å². The van der Waals surface area contributed by atoms with Crippen molar-refractivity contribution < 1.29 is 23.8 Å². The van der Waals surface area contributed by atoms with Crippen LogP contribution >= 0.6 is 0 Å². The van der Waals surface area contributed by atoms with Gasteiger partial charge in [0.05, 0.1) is 22.5 Å². The molecule has 4 aromatic rings. The Labute approximate surface area is 197 Å². The molecule has 34 heavy (non-hydrogen) atoms. The number of hydrogen-bond donors (Lipinski definition) is 4. The fraction of sp³-hybridized carbons (Fsp3) is 0.304. The van der Waals surface area contributed by atoms with Crippen LogP contribution in [-0.4, -0.2) is 48.4 Å². The minimum atomic E-state index is -3.61. The number of anilines is 1. The predicted molar refractivity (Wildman–Crippen MR) is 129 cm³/mol. The molecule has 0 unspecified atom stereocenters. The van der Waals surface area contributed by atoms with Crippen LogP contribution in [0, 0.1) is 0 Å². The maximum absolute atomic E-state index is 12.5. The fourth-order valence-corrected chi connectivity index (χ4v) is 5.02. The lowest BCUT2D eigenvalue weighted by Crippen LogP contribution is -2.73. The summed E-state index contributed by atoms with van der Waals surface area (Å²) >= 11 is 0. The molecule has 0 aliphatic rings. The number of ether oxygens (including phenoxy) is 1. The summed E-state index contributed by atoms with van der Waals surface area (Å²) in [6, 6.07) is 13.9. The van der Waals surface area contributed by atoms with Crippen molar-refractivity contribution in [2.24, 2.45) is 0 Å². The summed E-state index contributed by atoms with van der Waals surface area (Å²) in [6.07, 6.45) is 2.01. The highest BCUT2D eigenvalue weighted by atomic mass is 32.2. The Morgan fingerprint density at radius 1 is 1.12 bits per heavy atom. The van der Waals surface area contributed by atoms with Gasteiger partial charge in [-0.3, -0.25) is 0 Å². The molecule has 180 valence electrons. The molecular formula is C23H29N6O4S+. The van der Waals surface area contributed by atoms with Crippen molar-refractivity contribution in [1.82, 2.24) is 19.3 Å². The summed E-state index contributed by atoms with van der Waals surface area (Å²) < 4.78 is 35.1. The van der Waals surface area contributed by atoms with Crippen LogP contribution < -0.4 is 15.9 Å². The Bertz CT molecular complexity index is 1390. The Hall–Kier alpha value is -3.09. The number of hydrogen-bond acceptors (Lipinski definition) is 7. The first kappa shape index (κ1) is 24.0. The zero-order valence-corrected chi connectivity index (χ0v) is 19.8. The maximum Gasteiger partial charge on any atom is 0.240 e. The van der Waals surface area contributed by atoms with E-state index in [-0.39, 0.29) is 4.90 Å². The predicted octanol–water partition coefficient (Wildman–Crippen LogP) is 1.70. The van der Waals surface area contributed by atoms with E-state index < -0.39 is 10.0 Å². The lowest BCUT2D eigenvalue weighted by Gasteiger charge is -2.11. The number of fused-ring (bicyclic) bond motifs is 3. The summed E-state index contributed by atoms with van der Waals surface area (Å²) in [5, 5.41) is 9.98. The maximum atomic E-state index is 12.5. The molecule has 11 heteroatoms.